The molecule has 0 spiro atoms. The number of likely N-dealkylation sites (N-methyl/N-ethyl adjacent to an activating group) is 1. The van der Waals surface area contributed by atoms with Crippen LogP contribution in [0.15, 0.2) is 48.3 Å². The van der Waals surface area contributed by atoms with E-state index in [0.29, 0.717) is 12.2 Å². The quantitative estimate of drug-likeness (QED) is 0.728. The molecule has 9 heteroatoms. The van der Waals surface area contributed by atoms with Crippen molar-refractivity contribution in [1.82, 2.24) is 15.2 Å². The average Bonchev–Trinajstić information content (AvgIpc) is 3.11. The molecule has 2 aliphatic rings. The molecular formula is C20H20F3N3O3. The zero-order valence-electron chi connectivity index (χ0n) is 15.6. The fourth-order valence-electron chi connectivity index (χ4n) is 3.38. The Labute approximate surface area is 165 Å². The summed E-state index contributed by atoms with van der Waals surface area (Å²) >= 11 is 0. The number of aromatic nitrogens is 1. The summed E-state index contributed by atoms with van der Waals surface area (Å²) in [5, 5.41) is 10.4. The minimum absolute atomic E-state index is 0.0729. The molecule has 0 bridgehead atoms. The highest BCUT2D eigenvalue weighted by Gasteiger charge is 2.38. The molecule has 4 rings (SSSR count). The van der Waals surface area contributed by atoms with Crippen molar-refractivity contribution >= 4 is 11.8 Å². The smallest absolute Gasteiger partial charge is 0.475 e. The van der Waals surface area contributed by atoms with Gasteiger partial charge in [0.15, 0.2) is 0 Å². The number of aliphatic carboxylic acids is 1. The maximum Gasteiger partial charge on any atom is 0.490 e. The molecule has 2 aromatic rings. The average molecular weight is 407 g/mol. The van der Waals surface area contributed by atoms with E-state index in [2.05, 4.69) is 40.5 Å². The van der Waals surface area contributed by atoms with Gasteiger partial charge >= 0.3 is 12.1 Å². The summed E-state index contributed by atoms with van der Waals surface area (Å²) in [5.74, 6) is -2.68. The van der Waals surface area contributed by atoms with Gasteiger partial charge in [-0.05, 0) is 30.7 Å². The number of ketones is 1. The predicted octanol–water partition coefficient (Wildman–Crippen LogP) is 3.05. The second-order valence-electron chi connectivity index (χ2n) is 6.83. The third kappa shape index (κ3) is 4.51. The van der Waals surface area contributed by atoms with Crippen LogP contribution in [0, 0.1) is 0 Å². The van der Waals surface area contributed by atoms with Crippen LogP contribution in [0.25, 0.3) is 0 Å². The normalized spacial score (nSPS) is 18.3. The molecule has 1 atom stereocenters. The van der Waals surface area contributed by atoms with Crippen molar-refractivity contribution in [2.24, 2.45) is 0 Å². The first kappa shape index (κ1) is 20.7. The Bertz CT molecular complexity index is 935. The van der Waals surface area contributed by atoms with Gasteiger partial charge in [0.05, 0.1) is 17.4 Å². The molecule has 0 fully saturated rings. The van der Waals surface area contributed by atoms with Gasteiger partial charge in [0.25, 0.3) is 0 Å². The molecule has 6 nitrogen and oxygen atoms in total. The fraction of sp³-hybridized carbons (Fsp3) is 0.300. The lowest BCUT2D eigenvalue weighted by molar-refractivity contribution is -0.192. The number of aromatic amines is 1. The van der Waals surface area contributed by atoms with E-state index >= 15 is 0 Å². The van der Waals surface area contributed by atoms with Crippen molar-refractivity contribution in [3.05, 3.63) is 70.7 Å². The van der Waals surface area contributed by atoms with Crippen LogP contribution in [-0.4, -0.2) is 46.5 Å². The minimum Gasteiger partial charge on any atom is -0.475 e. The van der Waals surface area contributed by atoms with Gasteiger partial charge in [0.2, 0.25) is 5.78 Å². The number of carbonyl (C=O) groups is 2. The number of H-pyrrole nitrogens is 1. The van der Waals surface area contributed by atoms with Crippen LogP contribution in [0.4, 0.5) is 13.2 Å². The second-order valence-corrected chi connectivity index (χ2v) is 6.83. The Morgan fingerprint density at radius 3 is 2.59 bits per heavy atom. The second kappa shape index (κ2) is 8.12. The maximum absolute atomic E-state index is 12.7. The van der Waals surface area contributed by atoms with Gasteiger partial charge in [0, 0.05) is 24.8 Å². The lowest BCUT2D eigenvalue weighted by atomic mass is 9.88. The molecule has 29 heavy (non-hydrogen) atoms. The third-order valence-corrected chi connectivity index (χ3v) is 4.88. The Kier molecular flexibility index (Phi) is 5.78. The van der Waals surface area contributed by atoms with Gasteiger partial charge in [-0.3, -0.25) is 9.69 Å². The number of carboxylic acids is 1. The Morgan fingerprint density at radius 1 is 1.31 bits per heavy atom. The first-order valence-corrected chi connectivity index (χ1v) is 8.93. The highest BCUT2D eigenvalue weighted by molar-refractivity contribution is 6.09. The number of nitrogens with one attached hydrogen (secondary N) is 2. The highest BCUT2D eigenvalue weighted by atomic mass is 19.4. The van der Waals surface area contributed by atoms with Crippen molar-refractivity contribution < 1.29 is 27.9 Å². The van der Waals surface area contributed by atoms with Crippen LogP contribution >= 0.6 is 0 Å². The topological polar surface area (TPSA) is 85.4 Å². The van der Waals surface area contributed by atoms with E-state index in [1.165, 1.54) is 16.7 Å². The number of carboxylic acid groups (broad SMARTS) is 1. The number of nitrogens with zero attached hydrogens (tertiary/aromatic N) is 1. The van der Waals surface area contributed by atoms with E-state index < -0.39 is 12.1 Å². The van der Waals surface area contributed by atoms with Crippen LogP contribution in [-0.2, 0) is 17.8 Å². The molecule has 0 saturated heterocycles. The van der Waals surface area contributed by atoms with Gasteiger partial charge in [-0.15, -0.1) is 0 Å². The lowest BCUT2D eigenvalue weighted by Gasteiger charge is -2.34. The molecule has 1 aliphatic carbocycles. The molecule has 3 N–H and O–H groups in total. The largest absolute Gasteiger partial charge is 0.490 e. The first-order valence-electron chi connectivity index (χ1n) is 8.93. The van der Waals surface area contributed by atoms with Gasteiger partial charge in [-0.25, -0.2) is 4.79 Å². The number of benzene rings is 1. The molecule has 0 radical (unpaired) electrons. The summed E-state index contributed by atoms with van der Waals surface area (Å²) in [6, 6.07) is 10.3. The van der Waals surface area contributed by atoms with E-state index in [1.807, 2.05) is 24.4 Å². The van der Waals surface area contributed by atoms with E-state index in [4.69, 9.17) is 9.90 Å². The number of alkyl halides is 3. The van der Waals surface area contributed by atoms with Crippen LogP contribution in [0.5, 0.6) is 0 Å². The number of hydrogen-bond acceptors (Lipinski definition) is 4. The summed E-state index contributed by atoms with van der Waals surface area (Å²) in [4.78, 5) is 27.0. The molecule has 1 unspecified atom stereocenters. The molecule has 0 saturated carbocycles. The van der Waals surface area contributed by atoms with Crippen LogP contribution in [0.3, 0.4) is 0 Å². The molecule has 1 aromatic carbocycles. The summed E-state index contributed by atoms with van der Waals surface area (Å²) < 4.78 is 31.7. The molecule has 1 aromatic heterocycles. The maximum atomic E-state index is 12.7. The van der Waals surface area contributed by atoms with Gasteiger partial charge in [0.1, 0.15) is 0 Å². The number of allylic oxidation sites excluding steroid dienone is 1. The minimum atomic E-state index is -5.08. The summed E-state index contributed by atoms with van der Waals surface area (Å²) in [5.41, 5.74) is 5.08. The van der Waals surface area contributed by atoms with Crippen LogP contribution in [0.1, 0.15) is 33.2 Å². The Hall–Kier alpha value is -3.07. The molecule has 2 heterocycles. The van der Waals surface area contributed by atoms with Crippen LogP contribution in [0.2, 0.25) is 0 Å². The zero-order valence-corrected chi connectivity index (χ0v) is 15.6. The fourth-order valence-corrected chi connectivity index (χ4v) is 3.38. The van der Waals surface area contributed by atoms with E-state index in [9.17, 15) is 18.0 Å². The van der Waals surface area contributed by atoms with E-state index in [0.717, 1.165) is 18.7 Å². The third-order valence-electron chi connectivity index (χ3n) is 4.88. The predicted molar refractivity (Wildman–Crippen MR) is 99.3 cm³/mol. The molecule has 154 valence electrons. The zero-order chi connectivity index (χ0) is 21.2. The number of halogens is 3. The van der Waals surface area contributed by atoms with Crippen molar-refractivity contribution in [2.75, 3.05) is 13.6 Å². The van der Waals surface area contributed by atoms with Crippen molar-refractivity contribution in [1.29, 1.82) is 0 Å². The Balaban J connectivity index is 0.000000298. The summed E-state index contributed by atoms with van der Waals surface area (Å²) in [6.45, 7) is 1.68. The summed E-state index contributed by atoms with van der Waals surface area (Å²) in [7, 11) is 2.12. The van der Waals surface area contributed by atoms with Crippen molar-refractivity contribution in [3.63, 3.8) is 0 Å². The van der Waals surface area contributed by atoms with Crippen molar-refractivity contribution in [3.8, 4) is 0 Å². The van der Waals surface area contributed by atoms with Crippen molar-refractivity contribution in [2.45, 2.75) is 25.2 Å². The lowest BCUT2D eigenvalue weighted by Crippen LogP contribution is -2.36. The first-order chi connectivity index (χ1) is 13.7. The molecule has 1 aliphatic heterocycles. The van der Waals surface area contributed by atoms with E-state index in [-0.39, 0.29) is 11.8 Å². The monoisotopic (exact) mass is 407 g/mol. The van der Waals surface area contributed by atoms with Gasteiger partial charge < -0.3 is 15.4 Å². The standard InChI is InChI=1S/C18H19N3O.C2HF3O2/c1-21-8-7-13-11-20-17-16(13)15(21)9-14(18(17)22)19-10-12-5-3-2-4-6-12;3-2(4,5)1(6)7/h2-6,9,11,15,19-20H,7-8,10H2,1H3;(H,6,7). The van der Waals surface area contributed by atoms with E-state index in [1.54, 1.807) is 0 Å². The molecule has 0 amide bonds. The number of Topliss-reactive ketones (excluding diaryl/α,β-unsaturated/α-hetero) is 1. The van der Waals surface area contributed by atoms with Gasteiger partial charge in [-0.2, -0.15) is 13.2 Å². The van der Waals surface area contributed by atoms with Gasteiger partial charge in [-0.1, -0.05) is 30.3 Å². The Morgan fingerprint density at radius 2 is 1.97 bits per heavy atom. The SMILES string of the molecule is CN1CCc2c[nH]c3c2C1C=C(NCc1ccccc1)C3=O.O=C(O)C(F)(F)F. The molecular weight excluding hydrogens is 387 g/mol. The number of rotatable bonds is 3. The highest BCUT2D eigenvalue weighted by Crippen LogP contribution is 2.37. The number of hydrogen-bond donors (Lipinski definition) is 3. The summed E-state index contributed by atoms with van der Waals surface area (Å²) in [6.07, 6.45) is -0.00657. The van der Waals surface area contributed by atoms with Crippen LogP contribution < -0.4 is 5.32 Å². The number of carbonyl (C=O) groups excluding carboxylic acids is 1.